The lowest BCUT2D eigenvalue weighted by molar-refractivity contribution is 0.841. The van der Waals surface area contributed by atoms with Crippen LogP contribution in [0.25, 0.3) is 0 Å². The van der Waals surface area contributed by atoms with Crippen LogP contribution in [0.2, 0.25) is 0 Å². The molecule has 0 fully saturated rings. The Kier molecular flexibility index (Phi) is 2.17. The van der Waals surface area contributed by atoms with Crippen molar-refractivity contribution >= 4 is 0 Å². The van der Waals surface area contributed by atoms with Crippen LogP contribution in [0.5, 0.6) is 0 Å². The average Bonchev–Trinajstić information content (AvgIpc) is 2.19. The molecule has 0 spiro atoms. The van der Waals surface area contributed by atoms with Gasteiger partial charge < -0.3 is 5.73 Å². The molecular weight excluding hydrogens is 158 g/mol. The van der Waals surface area contributed by atoms with E-state index >= 15 is 0 Å². The van der Waals surface area contributed by atoms with Gasteiger partial charge in [0, 0.05) is 11.6 Å². The van der Waals surface area contributed by atoms with Gasteiger partial charge in [-0.15, -0.1) is 0 Å². The molecule has 1 nitrogen and oxygen atoms in total. The summed E-state index contributed by atoms with van der Waals surface area (Å²) in [5.41, 5.74) is 7.95. The summed E-state index contributed by atoms with van der Waals surface area (Å²) < 4.78 is 0. The molecule has 0 aromatic heterocycles. The molecular formula is C12H13N. The molecule has 66 valence electrons. The molecule has 2 N–H and O–H groups in total. The number of hydrogen-bond donors (Lipinski definition) is 1. The highest BCUT2D eigenvalue weighted by Gasteiger charge is 2.09. The number of allylic oxidation sites excluding steroid dienone is 3. The summed E-state index contributed by atoms with van der Waals surface area (Å²) in [6, 6.07) is 10.5. The summed E-state index contributed by atoms with van der Waals surface area (Å²) in [4.78, 5) is 0. The molecule has 0 heterocycles. The van der Waals surface area contributed by atoms with Crippen molar-refractivity contribution in [2.45, 2.75) is 12.3 Å². The fourth-order valence-electron chi connectivity index (χ4n) is 1.64. The van der Waals surface area contributed by atoms with Gasteiger partial charge in [0.25, 0.3) is 0 Å². The number of benzene rings is 1. The zero-order chi connectivity index (χ0) is 9.10. The van der Waals surface area contributed by atoms with E-state index in [-0.39, 0.29) is 0 Å². The van der Waals surface area contributed by atoms with Gasteiger partial charge in [0.2, 0.25) is 0 Å². The maximum atomic E-state index is 5.74. The molecule has 1 heteroatoms. The van der Waals surface area contributed by atoms with Gasteiger partial charge >= 0.3 is 0 Å². The first kappa shape index (κ1) is 8.11. The quantitative estimate of drug-likeness (QED) is 0.690. The Morgan fingerprint density at radius 1 is 1.15 bits per heavy atom. The number of nitrogens with two attached hydrogens (primary N) is 1. The van der Waals surface area contributed by atoms with Crippen molar-refractivity contribution in [2.24, 2.45) is 5.73 Å². The average molecular weight is 171 g/mol. The molecule has 0 saturated heterocycles. The molecule has 1 aliphatic carbocycles. The van der Waals surface area contributed by atoms with Crippen LogP contribution in [0, 0.1) is 0 Å². The van der Waals surface area contributed by atoms with E-state index in [4.69, 9.17) is 5.73 Å². The van der Waals surface area contributed by atoms with E-state index in [1.165, 1.54) is 5.56 Å². The van der Waals surface area contributed by atoms with E-state index < -0.39 is 0 Å². The first-order chi connectivity index (χ1) is 6.36. The summed E-state index contributed by atoms with van der Waals surface area (Å²) in [5.74, 6) is 0.464. The van der Waals surface area contributed by atoms with Crippen molar-refractivity contribution in [3.05, 3.63) is 59.8 Å². The minimum absolute atomic E-state index is 0.464. The first-order valence-corrected chi connectivity index (χ1v) is 4.55. The van der Waals surface area contributed by atoms with Gasteiger partial charge in [-0.2, -0.15) is 0 Å². The summed E-state index contributed by atoms with van der Waals surface area (Å²) >= 11 is 0. The molecule has 0 saturated carbocycles. The normalized spacial score (nSPS) is 21.2. The SMILES string of the molecule is NC1=CC(c2ccccc2)CC=C1. The summed E-state index contributed by atoms with van der Waals surface area (Å²) in [6.45, 7) is 0. The lowest BCUT2D eigenvalue weighted by Gasteiger charge is -2.14. The maximum absolute atomic E-state index is 5.74. The van der Waals surface area contributed by atoms with Crippen LogP contribution >= 0.6 is 0 Å². The minimum Gasteiger partial charge on any atom is -0.399 e. The molecule has 0 amide bonds. The Hall–Kier alpha value is -1.50. The summed E-state index contributed by atoms with van der Waals surface area (Å²) in [5, 5.41) is 0. The van der Waals surface area contributed by atoms with Crippen LogP contribution in [0.4, 0.5) is 0 Å². The fraction of sp³-hybridized carbons (Fsp3) is 0.167. The molecule has 1 unspecified atom stereocenters. The van der Waals surface area contributed by atoms with E-state index in [0.717, 1.165) is 12.1 Å². The van der Waals surface area contributed by atoms with Crippen molar-refractivity contribution < 1.29 is 0 Å². The molecule has 1 aliphatic rings. The third-order valence-electron chi connectivity index (χ3n) is 2.32. The Morgan fingerprint density at radius 2 is 1.92 bits per heavy atom. The zero-order valence-electron chi connectivity index (χ0n) is 7.48. The Balaban J connectivity index is 2.24. The van der Waals surface area contributed by atoms with Crippen molar-refractivity contribution in [2.75, 3.05) is 0 Å². The van der Waals surface area contributed by atoms with E-state index in [1.54, 1.807) is 0 Å². The molecule has 0 radical (unpaired) electrons. The number of hydrogen-bond acceptors (Lipinski definition) is 1. The van der Waals surface area contributed by atoms with Gasteiger partial charge in [0.1, 0.15) is 0 Å². The molecule has 2 rings (SSSR count). The zero-order valence-corrected chi connectivity index (χ0v) is 7.48. The van der Waals surface area contributed by atoms with Gasteiger partial charge in [-0.05, 0) is 18.1 Å². The third kappa shape index (κ3) is 1.81. The standard InChI is InChI=1S/C12H13N/c13-12-8-4-7-11(9-12)10-5-2-1-3-6-10/h1-6,8-9,11H,7,13H2. The smallest absolute Gasteiger partial charge is 0.0276 e. The fourth-order valence-corrected chi connectivity index (χ4v) is 1.64. The third-order valence-corrected chi connectivity index (χ3v) is 2.32. The van der Waals surface area contributed by atoms with Crippen LogP contribution in [-0.2, 0) is 0 Å². The highest BCUT2D eigenvalue weighted by atomic mass is 14.6. The van der Waals surface area contributed by atoms with Gasteiger partial charge in [-0.3, -0.25) is 0 Å². The van der Waals surface area contributed by atoms with E-state index in [1.807, 2.05) is 12.1 Å². The van der Waals surface area contributed by atoms with Crippen LogP contribution in [0.3, 0.4) is 0 Å². The monoisotopic (exact) mass is 171 g/mol. The highest BCUT2D eigenvalue weighted by Crippen LogP contribution is 2.25. The van der Waals surface area contributed by atoms with Crippen molar-refractivity contribution in [1.29, 1.82) is 0 Å². The largest absolute Gasteiger partial charge is 0.399 e. The Labute approximate surface area is 78.6 Å². The summed E-state index contributed by atoms with van der Waals surface area (Å²) in [7, 11) is 0. The molecule has 1 aromatic rings. The van der Waals surface area contributed by atoms with Gasteiger partial charge in [0.05, 0.1) is 0 Å². The van der Waals surface area contributed by atoms with Crippen LogP contribution in [-0.4, -0.2) is 0 Å². The highest BCUT2D eigenvalue weighted by molar-refractivity contribution is 5.31. The minimum atomic E-state index is 0.464. The Morgan fingerprint density at radius 3 is 2.62 bits per heavy atom. The first-order valence-electron chi connectivity index (χ1n) is 4.55. The van der Waals surface area contributed by atoms with E-state index in [0.29, 0.717) is 5.92 Å². The second kappa shape index (κ2) is 3.48. The second-order valence-electron chi connectivity index (χ2n) is 3.32. The number of rotatable bonds is 1. The topological polar surface area (TPSA) is 26.0 Å². The van der Waals surface area contributed by atoms with Crippen LogP contribution in [0.1, 0.15) is 17.9 Å². The Bertz CT molecular complexity index is 335. The molecule has 1 atom stereocenters. The van der Waals surface area contributed by atoms with Gasteiger partial charge in [-0.25, -0.2) is 0 Å². The van der Waals surface area contributed by atoms with Crippen LogP contribution < -0.4 is 5.73 Å². The van der Waals surface area contributed by atoms with Crippen molar-refractivity contribution in [1.82, 2.24) is 0 Å². The lowest BCUT2D eigenvalue weighted by atomic mass is 9.92. The molecule has 0 bridgehead atoms. The van der Waals surface area contributed by atoms with Gasteiger partial charge in [-0.1, -0.05) is 42.5 Å². The van der Waals surface area contributed by atoms with Crippen molar-refractivity contribution in [3.8, 4) is 0 Å². The predicted molar refractivity (Wildman–Crippen MR) is 55.2 cm³/mol. The maximum Gasteiger partial charge on any atom is 0.0276 e. The molecule has 1 aromatic carbocycles. The molecule has 0 aliphatic heterocycles. The second-order valence-corrected chi connectivity index (χ2v) is 3.32. The van der Waals surface area contributed by atoms with Crippen LogP contribution in [0.15, 0.2) is 54.3 Å². The predicted octanol–water partition coefficient (Wildman–Crippen LogP) is 2.57. The van der Waals surface area contributed by atoms with E-state index in [2.05, 4.69) is 36.4 Å². The lowest BCUT2D eigenvalue weighted by Crippen LogP contribution is -2.03. The van der Waals surface area contributed by atoms with E-state index in [9.17, 15) is 0 Å². The van der Waals surface area contributed by atoms with Gasteiger partial charge in [0.15, 0.2) is 0 Å². The summed E-state index contributed by atoms with van der Waals surface area (Å²) in [6.07, 6.45) is 7.28. The molecule has 13 heavy (non-hydrogen) atoms. The van der Waals surface area contributed by atoms with Crippen molar-refractivity contribution in [3.63, 3.8) is 0 Å².